The van der Waals surface area contributed by atoms with E-state index < -0.39 is 0 Å². The molecular weight excluding hydrogens is 380 g/mol. The lowest BCUT2D eigenvalue weighted by molar-refractivity contribution is -0.121. The number of para-hydroxylation sites is 2. The number of rotatable bonds is 5. The lowest BCUT2D eigenvalue weighted by Crippen LogP contribution is -2.47. The number of carbonyl (C=O) groups is 2. The van der Waals surface area contributed by atoms with Gasteiger partial charge in [-0.1, -0.05) is 42.5 Å². The summed E-state index contributed by atoms with van der Waals surface area (Å²) >= 11 is 0. The number of hydrogen-bond donors (Lipinski definition) is 0. The van der Waals surface area contributed by atoms with Crippen molar-refractivity contribution in [1.29, 1.82) is 0 Å². The van der Waals surface area contributed by atoms with E-state index in [0.29, 0.717) is 42.4 Å². The molecule has 30 heavy (non-hydrogen) atoms. The highest BCUT2D eigenvalue weighted by molar-refractivity contribution is 6.45. The van der Waals surface area contributed by atoms with Crippen molar-refractivity contribution in [3.63, 3.8) is 0 Å². The summed E-state index contributed by atoms with van der Waals surface area (Å²) in [6.07, 6.45) is -0.0723. The number of carbonyl (C=O) groups excluding carboxylic acids is 2. The van der Waals surface area contributed by atoms with Crippen molar-refractivity contribution in [3.8, 4) is 5.75 Å². The number of amides is 2. The molecule has 0 aliphatic carbocycles. The summed E-state index contributed by atoms with van der Waals surface area (Å²) in [4.78, 5) is 30.5. The third kappa shape index (κ3) is 3.59. The van der Waals surface area contributed by atoms with Crippen molar-refractivity contribution in [3.05, 3.63) is 65.9 Å². The first kappa shape index (κ1) is 20.2. The number of anilines is 1. The molecule has 2 aliphatic rings. The van der Waals surface area contributed by atoms with Crippen LogP contribution in [-0.4, -0.2) is 48.6 Å². The first-order valence-corrected chi connectivity index (χ1v) is 10.3. The topological polar surface area (TPSA) is 59.1 Å². The van der Waals surface area contributed by atoms with Crippen molar-refractivity contribution in [2.75, 3.05) is 24.6 Å². The summed E-state index contributed by atoms with van der Waals surface area (Å²) in [5, 5.41) is 0. The van der Waals surface area contributed by atoms with Crippen molar-refractivity contribution < 1.29 is 19.1 Å². The largest absolute Gasteiger partial charge is 0.492 e. The lowest BCUT2D eigenvalue weighted by Gasteiger charge is -2.37. The van der Waals surface area contributed by atoms with Crippen LogP contribution in [0.5, 0.6) is 5.75 Å². The predicted octanol–water partition coefficient (Wildman–Crippen LogP) is 3.48. The molecule has 0 saturated carbocycles. The molecular formula is C24H26N2O4. The molecule has 0 spiro atoms. The molecule has 0 radical (unpaired) electrons. The Morgan fingerprint density at radius 3 is 2.23 bits per heavy atom. The van der Waals surface area contributed by atoms with E-state index in [1.165, 1.54) is 4.90 Å². The Hall–Kier alpha value is -3.12. The summed E-state index contributed by atoms with van der Waals surface area (Å²) in [6, 6.07) is 16.5. The van der Waals surface area contributed by atoms with Crippen molar-refractivity contribution in [2.45, 2.75) is 33.0 Å². The molecule has 2 atom stereocenters. The molecule has 0 bridgehead atoms. The molecule has 0 aromatic heterocycles. The highest BCUT2D eigenvalue weighted by Gasteiger charge is 2.44. The second-order valence-corrected chi connectivity index (χ2v) is 7.60. The van der Waals surface area contributed by atoms with E-state index in [-0.39, 0.29) is 24.0 Å². The van der Waals surface area contributed by atoms with Gasteiger partial charge in [-0.2, -0.15) is 0 Å². The highest BCUT2D eigenvalue weighted by atomic mass is 16.5. The number of nitrogens with zero attached hydrogens (tertiary/aromatic N) is 2. The maximum Gasteiger partial charge on any atom is 0.282 e. The molecule has 6 nitrogen and oxygen atoms in total. The third-order valence-electron chi connectivity index (χ3n) is 5.26. The smallest absolute Gasteiger partial charge is 0.282 e. The van der Waals surface area contributed by atoms with E-state index in [0.717, 1.165) is 5.56 Å². The van der Waals surface area contributed by atoms with Crippen molar-refractivity contribution in [1.82, 2.24) is 4.90 Å². The molecule has 1 fully saturated rings. The van der Waals surface area contributed by atoms with Crippen LogP contribution in [0, 0.1) is 0 Å². The van der Waals surface area contributed by atoms with Crippen LogP contribution in [0.2, 0.25) is 0 Å². The van der Waals surface area contributed by atoms with Gasteiger partial charge in [0.25, 0.3) is 11.8 Å². The predicted molar refractivity (Wildman–Crippen MR) is 115 cm³/mol. The minimum atomic E-state index is -0.333. The average Bonchev–Trinajstić information content (AvgIpc) is 2.99. The minimum Gasteiger partial charge on any atom is -0.492 e. The van der Waals surface area contributed by atoms with E-state index in [2.05, 4.69) is 0 Å². The van der Waals surface area contributed by atoms with Crippen LogP contribution in [0.3, 0.4) is 0 Å². The SMILES string of the molecule is CCOc1ccccc1N1C(=O)C(c2ccccc2)=C(N2CC(C)OC(C)C2)C1=O. The molecule has 156 valence electrons. The second kappa shape index (κ2) is 8.32. The van der Waals surface area contributed by atoms with E-state index in [1.807, 2.05) is 62.1 Å². The van der Waals surface area contributed by atoms with Crippen LogP contribution in [0.4, 0.5) is 5.69 Å². The van der Waals surface area contributed by atoms with Gasteiger partial charge in [0.05, 0.1) is 30.1 Å². The van der Waals surface area contributed by atoms with Gasteiger partial charge in [-0.3, -0.25) is 9.59 Å². The van der Waals surface area contributed by atoms with Crippen LogP contribution in [0.25, 0.3) is 5.57 Å². The summed E-state index contributed by atoms with van der Waals surface area (Å²) in [5.41, 5.74) is 2.05. The van der Waals surface area contributed by atoms with Gasteiger partial charge in [-0.15, -0.1) is 0 Å². The van der Waals surface area contributed by atoms with Gasteiger partial charge < -0.3 is 14.4 Å². The number of benzene rings is 2. The maximum atomic E-state index is 13.7. The molecule has 2 aromatic rings. The fourth-order valence-electron chi connectivity index (χ4n) is 4.18. The highest BCUT2D eigenvalue weighted by Crippen LogP contribution is 2.39. The minimum absolute atomic E-state index is 0.0362. The second-order valence-electron chi connectivity index (χ2n) is 7.60. The Balaban J connectivity index is 1.83. The zero-order chi connectivity index (χ0) is 21.3. The van der Waals surface area contributed by atoms with Gasteiger partial charge in [0.15, 0.2) is 0 Å². The summed E-state index contributed by atoms with van der Waals surface area (Å²) in [6.45, 7) is 7.38. The van der Waals surface area contributed by atoms with Crippen molar-refractivity contribution in [2.24, 2.45) is 0 Å². The number of morpholine rings is 1. The third-order valence-corrected chi connectivity index (χ3v) is 5.26. The molecule has 1 saturated heterocycles. The summed E-state index contributed by atoms with van der Waals surface area (Å²) in [7, 11) is 0. The average molecular weight is 406 g/mol. The fourth-order valence-corrected chi connectivity index (χ4v) is 4.18. The van der Waals surface area contributed by atoms with Gasteiger partial charge in [0.1, 0.15) is 11.4 Å². The Morgan fingerprint density at radius 2 is 1.57 bits per heavy atom. The maximum absolute atomic E-state index is 13.7. The van der Waals surface area contributed by atoms with Crippen LogP contribution in [0.15, 0.2) is 60.3 Å². The monoisotopic (exact) mass is 406 g/mol. The molecule has 4 rings (SSSR count). The summed E-state index contributed by atoms with van der Waals surface area (Å²) < 4.78 is 11.6. The Kier molecular flexibility index (Phi) is 5.59. The number of ether oxygens (including phenoxy) is 2. The molecule has 0 N–H and O–H groups in total. The van der Waals surface area contributed by atoms with Gasteiger partial charge in [0.2, 0.25) is 0 Å². The molecule has 2 unspecified atom stereocenters. The zero-order valence-corrected chi connectivity index (χ0v) is 17.5. The van der Waals surface area contributed by atoms with Crippen LogP contribution < -0.4 is 9.64 Å². The van der Waals surface area contributed by atoms with Crippen LogP contribution >= 0.6 is 0 Å². The molecule has 2 aromatic carbocycles. The normalized spacial score (nSPS) is 22.1. The van der Waals surface area contributed by atoms with Crippen LogP contribution in [0.1, 0.15) is 26.3 Å². The van der Waals surface area contributed by atoms with Crippen molar-refractivity contribution >= 4 is 23.1 Å². The van der Waals surface area contributed by atoms with Gasteiger partial charge in [-0.05, 0) is 38.5 Å². The summed E-state index contributed by atoms with van der Waals surface area (Å²) in [5.74, 6) is -0.147. The van der Waals surface area contributed by atoms with E-state index in [9.17, 15) is 9.59 Å². The molecule has 6 heteroatoms. The molecule has 2 amide bonds. The fraction of sp³-hybridized carbons (Fsp3) is 0.333. The van der Waals surface area contributed by atoms with E-state index in [1.54, 1.807) is 18.2 Å². The molecule has 2 aliphatic heterocycles. The first-order chi connectivity index (χ1) is 14.5. The first-order valence-electron chi connectivity index (χ1n) is 10.3. The van der Waals surface area contributed by atoms with Gasteiger partial charge >= 0.3 is 0 Å². The number of hydrogen-bond acceptors (Lipinski definition) is 5. The van der Waals surface area contributed by atoms with Crippen LogP contribution in [-0.2, 0) is 14.3 Å². The van der Waals surface area contributed by atoms with Gasteiger partial charge in [-0.25, -0.2) is 4.90 Å². The lowest BCUT2D eigenvalue weighted by atomic mass is 10.0. The Morgan fingerprint density at radius 1 is 0.933 bits per heavy atom. The standard InChI is InChI=1S/C24H26N2O4/c1-4-29-20-13-9-8-12-19(20)26-23(27)21(18-10-6-5-7-11-18)22(24(26)28)25-14-16(2)30-17(3)15-25/h5-13,16-17H,4,14-15H2,1-3H3. The Bertz CT molecular complexity index is 976. The molecule has 2 heterocycles. The van der Waals surface area contributed by atoms with E-state index >= 15 is 0 Å². The van der Waals surface area contributed by atoms with E-state index in [4.69, 9.17) is 9.47 Å². The number of imide groups is 1. The quantitative estimate of drug-likeness (QED) is 0.712. The zero-order valence-electron chi connectivity index (χ0n) is 17.5. The Labute approximate surface area is 176 Å². The van der Waals surface area contributed by atoms with Gasteiger partial charge in [0, 0.05) is 13.1 Å².